The Morgan fingerprint density at radius 3 is 1.24 bits per heavy atom. The number of phenolic OH excluding ortho intramolecular Hbond substituents is 2. The molecular formula is C30H30O3S. The van der Waals surface area contributed by atoms with Crippen LogP contribution < -0.4 is 0 Å². The highest BCUT2D eigenvalue weighted by Crippen LogP contribution is 2.39. The lowest BCUT2D eigenvalue weighted by molar-refractivity contribution is 0.456. The Labute approximate surface area is 204 Å². The second kappa shape index (κ2) is 9.11. The standard InChI is InChI=1S/C30H30O3S/c1-29(2,21-11-7-5-8-12-21)23-15-17-25(31)27(19-23)34(33)28-20-24(16-18-26(28)32)30(3,4)22-13-9-6-10-14-22/h5-20,31-32H,1-4H3. The number of hydrogen-bond acceptors (Lipinski definition) is 3. The zero-order valence-corrected chi connectivity index (χ0v) is 20.8. The van der Waals surface area contributed by atoms with Gasteiger partial charge in [-0.3, -0.25) is 0 Å². The lowest BCUT2D eigenvalue weighted by Gasteiger charge is -2.27. The molecule has 0 bridgehead atoms. The third-order valence-corrected chi connectivity index (χ3v) is 8.21. The topological polar surface area (TPSA) is 57.5 Å². The molecule has 0 amide bonds. The van der Waals surface area contributed by atoms with Gasteiger partial charge in [-0.15, -0.1) is 0 Å². The van der Waals surface area contributed by atoms with Gasteiger partial charge in [0.15, 0.2) is 0 Å². The Morgan fingerprint density at radius 2 is 0.882 bits per heavy atom. The Balaban J connectivity index is 1.77. The summed E-state index contributed by atoms with van der Waals surface area (Å²) in [6, 6.07) is 30.6. The quantitative estimate of drug-likeness (QED) is 0.322. The van der Waals surface area contributed by atoms with Crippen molar-refractivity contribution in [1.82, 2.24) is 0 Å². The van der Waals surface area contributed by atoms with Gasteiger partial charge in [0.2, 0.25) is 0 Å². The maximum absolute atomic E-state index is 13.7. The highest BCUT2D eigenvalue weighted by atomic mass is 32.2. The summed E-state index contributed by atoms with van der Waals surface area (Å²) in [5.41, 5.74) is 3.39. The molecule has 0 saturated carbocycles. The predicted molar refractivity (Wildman–Crippen MR) is 138 cm³/mol. The molecule has 4 heteroatoms. The lowest BCUT2D eigenvalue weighted by atomic mass is 9.78. The molecule has 4 aromatic carbocycles. The molecular weight excluding hydrogens is 440 g/mol. The summed E-state index contributed by atoms with van der Waals surface area (Å²) in [5, 5.41) is 21.3. The minimum absolute atomic E-state index is 0.0573. The number of phenols is 2. The van der Waals surface area contributed by atoms with E-state index in [0.29, 0.717) is 0 Å². The molecule has 0 unspecified atom stereocenters. The van der Waals surface area contributed by atoms with E-state index in [2.05, 4.69) is 52.0 Å². The fourth-order valence-electron chi connectivity index (χ4n) is 4.26. The van der Waals surface area contributed by atoms with Crippen LogP contribution in [-0.2, 0) is 21.6 Å². The summed E-state index contributed by atoms with van der Waals surface area (Å²) in [4.78, 5) is 0.568. The van der Waals surface area contributed by atoms with E-state index < -0.39 is 10.8 Å². The predicted octanol–water partition coefficient (Wildman–Crippen LogP) is 6.92. The van der Waals surface area contributed by atoms with Crippen molar-refractivity contribution in [2.24, 2.45) is 0 Å². The summed E-state index contributed by atoms with van der Waals surface area (Å²) >= 11 is 0. The van der Waals surface area contributed by atoms with Crippen LogP contribution in [0.3, 0.4) is 0 Å². The first-order chi connectivity index (χ1) is 16.1. The molecule has 0 aliphatic rings. The van der Waals surface area contributed by atoms with E-state index in [9.17, 15) is 14.4 Å². The van der Waals surface area contributed by atoms with Crippen molar-refractivity contribution in [1.29, 1.82) is 0 Å². The molecule has 4 aromatic rings. The van der Waals surface area contributed by atoms with E-state index >= 15 is 0 Å². The molecule has 2 N–H and O–H groups in total. The second-order valence-corrected chi connectivity index (χ2v) is 11.0. The third kappa shape index (κ3) is 4.38. The van der Waals surface area contributed by atoms with Crippen LogP contribution in [0.1, 0.15) is 49.9 Å². The number of aromatic hydroxyl groups is 2. The van der Waals surface area contributed by atoms with Crippen molar-refractivity contribution >= 4 is 10.8 Å². The minimum Gasteiger partial charge on any atom is -0.507 e. The monoisotopic (exact) mass is 470 g/mol. The highest BCUT2D eigenvalue weighted by molar-refractivity contribution is 7.85. The first-order valence-corrected chi connectivity index (χ1v) is 12.5. The van der Waals surface area contributed by atoms with Gasteiger partial charge in [0.05, 0.1) is 20.6 Å². The van der Waals surface area contributed by atoms with Crippen molar-refractivity contribution < 1.29 is 14.4 Å². The normalized spacial score (nSPS) is 12.1. The van der Waals surface area contributed by atoms with Gasteiger partial charge in [-0.2, -0.15) is 0 Å². The molecule has 0 aliphatic carbocycles. The van der Waals surface area contributed by atoms with Crippen molar-refractivity contribution in [3.05, 3.63) is 119 Å². The fraction of sp³-hybridized carbons (Fsp3) is 0.200. The molecule has 0 heterocycles. The number of rotatable bonds is 6. The summed E-state index contributed by atoms with van der Waals surface area (Å²) in [6.07, 6.45) is 0. The van der Waals surface area contributed by atoms with Crippen LogP contribution in [0.2, 0.25) is 0 Å². The van der Waals surface area contributed by atoms with E-state index in [1.165, 1.54) is 0 Å². The number of benzene rings is 4. The minimum atomic E-state index is -1.77. The smallest absolute Gasteiger partial charge is 0.132 e. The summed E-state index contributed by atoms with van der Waals surface area (Å²) in [7, 11) is -1.77. The summed E-state index contributed by atoms with van der Waals surface area (Å²) in [6.45, 7) is 8.40. The first-order valence-electron chi connectivity index (χ1n) is 11.3. The van der Waals surface area contributed by atoms with Gasteiger partial charge in [-0.05, 0) is 46.5 Å². The first kappa shape index (κ1) is 23.8. The Bertz CT molecular complexity index is 1220. The third-order valence-electron chi connectivity index (χ3n) is 6.75. The molecule has 0 aromatic heterocycles. The van der Waals surface area contributed by atoms with Gasteiger partial charge in [0.25, 0.3) is 0 Å². The maximum atomic E-state index is 13.7. The van der Waals surface area contributed by atoms with Crippen molar-refractivity contribution in [3.8, 4) is 11.5 Å². The Morgan fingerprint density at radius 1 is 0.529 bits per heavy atom. The molecule has 174 valence electrons. The van der Waals surface area contributed by atoms with Gasteiger partial charge in [0.1, 0.15) is 11.5 Å². The van der Waals surface area contributed by atoms with Gasteiger partial charge < -0.3 is 10.2 Å². The van der Waals surface area contributed by atoms with Crippen LogP contribution in [0.15, 0.2) is 107 Å². The molecule has 0 saturated heterocycles. The molecule has 3 nitrogen and oxygen atoms in total. The zero-order valence-electron chi connectivity index (χ0n) is 19.9. The molecule has 0 atom stereocenters. The molecule has 4 rings (SSSR count). The molecule has 0 spiro atoms. The highest BCUT2D eigenvalue weighted by Gasteiger charge is 2.28. The molecule has 34 heavy (non-hydrogen) atoms. The Hall–Kier alpha value is -3.37. The fourth-order valence-corrected chi connectivity index (χ4v) is 5.49. The average Bonchev–Trinajstić information content (AvgIpc) is 2.85. The van der Waals surface area contributed by atoms with Crippen LogP contribution in [-0.4, -0.2) is 14.4 Å². The molecule has 0 radical (unpaired) electrons. The maximum Gasteiger partial charge on any atom is 0.132 e. The van der Waals surface area contributed by atoms with Gasteiger partial charge in [-0.1, -0.05) is 100 Å². The van der Waals surface area contributed by atoms with E-state index in [4.69, 9.17) is 0 Å². The van der Waals surface area contributed by atoms with Gasteiger partial charge in [0, 0.05) is 10.8 Å². The average molecular weight is 471 g/mol. The van der Waals surface area contributed by atoms with Crippen molar-refractivity contribution in [2.45, 2.75) is 48.3 Å². The molecule has 0 aliphatic heterocycles. The van der Waals surface area contributed by atoms with E-state index in [1.54, 1.807) is 24.3 Å². The van der Waals surface area contributed by atoms with E-state index in [1.807, 2.05) is 48.5 Å². The van der Waals surface area contributed by atoms with E-state index in [-0.39, 0.29) is 32.1 Å². The summed E-state index contributed by atoms with van der Waals surface area (Å²) in [5.74, 6) is -0.115. The lowest BCUT2D eigenvalue weighted by Crippen LogP contribution is -2.19. The van der Waals surface area contributed by atoms with Crippen molar-refractivity contribution in [2.75, 3.05) is 0 Å². The SMILES string of the molecule is CC(C)(c1ccccc1)c1ccc(O)c(S(=O)c2cc(C(C)(C)c3ccccc3)ccc2O)c1. The van der Waals surface area contributed by atoms with Crippen LogP contribution in [0, 0.1) is 0 Å². The summed E-state index contributed by atoms with van der Waals surface area (Å²) < 4.78 is 13.7. The van der Waals surface area contributed by atoms with Crippen LogP contribution in [0.25, 0.3) is 0 Å². The van der Waals surface area contributed by atoms with Gasteiger partial charge in [-0.25, -0.2) is 4.21 Å². The van der Waals surface area contributed by atoms with Gasteiger partial charge >= 0.3 is 0 Å². The van der Waals surface area contributed by atoms with Crippen LogP contribution in [0.5, 0.6) is 11.5 Å². The zero-order chi connectivity index (χ0) is 24.5. The van der Waals surface area contributed by atoms with E-state index in [0.717, 1.165) is 22.3 Å². The number of hydrogen-bond donors (Lipinski definition) is 2. The largest absolute Gasteiger partial charge is 0.507 e. The van der Waals surface area contributed by atoms with Crippen LogP contribution >= 0.6 is 0 Å². The second-order valence-electron chi connectivity index (χ2n) is 9.62. The molecule has 0 fully saturated rings. The Kier molecular flexibility index (Phi) is 6.37. The van der Waals surface area contributed by atoms with Crippen molar-refractivity contribution in [3.63, 3.8) is 0 Å². The van der Waals surface area contributed by atoms with Crippen LogP contribution in [0.4, 0.5) is 0 Å².